The molecule has 0 radical (unpaired) electrons. The molecule has 1 fully saturated rings. The molecule has 1 unspecified atom stereocenters. The fourth-order valence-corrected chi connectivity index (χ4v) is 4.73. The summed E-state index contributed by atoms with van der Waals surface area (Å²) in [5.41, 5.74) is 2.48. The molecule has 2 aromatic carbocycles. The lowest BCUT2D eigenvalue weighted by Gasteiger charge is -2.37. The fourth-order valence-electron chi connectivity index (χ4n) is 4.32. The molecule has 3 aromatic rings. The predicted molar refractivity (Wildman–Crippen MR) is 143 cm³/mol. The van der Waals surface area contributed by atoms with Gasteiger partial charge in [-0.2, -0.15) is 0 Å². The Morgan fingerprint density at radius 2 is 1.83 bits per heavy atom. The lowest BCUT2D eigenvalue weighted by atomic mass is 10.1. The lowest BCUT2D eigenvalue weighted by Crippen LogP contribution is -2.47. The molecule has 8 heteroatoms. The third-order valence-electron chi connectivity index (χ3n) is 6.29. The molecular weight excluding hydrogens is 483 g/mol. The number of aromatic nitrogens is 1. The number of rotatable bonds is 9. The summed E-state index contributed by atoms with van der Waals surface area (Å²) in [6, 6.07) is 15.5. The standard InChI is InChI=1S/C27H32Cl2N4O2/c1-3-8-23-31-25(20-9-5-4-6-10-20)26(35-23)27(34)30-19(2)13-14-32-15-17-33(18-16-32)22-12-7-11-21(28)24(22)29/h4-7,9-12,19H,3,8,13-18H2,1-2H3,(H,30,34). The molecule has 2 heterocycles. The van der Waals surface area contributed by atoms with Crippen LogP contribution in [-0.2, 0) is 6.42 Å². The summed E-state index contributed by atoms with van der Waals surface area (Å²) in [5.74, 6) is 0.673. The van der Waals surface area contributed by atoms with Crippen molar-refractivity contribution in [3.63, 3.8) is 0 Å². The van der Waals surface area contributed by atoms with Crippen LogP contribution in [0.3, 0.4) is 0 Å². The van der Waals surface area contributed by atoms with Gasteiger partial charge >= 0.3 is 0 Å². The van der Waals surface area contributed by atoms with E-state index in [1.165, 1.54) is 0 Å². The van der Waals surface area contributed by atoms with Crippen LogP contribution >= 0.6 is 23.2 Å². The molecule has 4 rings (SSSR count). The van der Waals surface area contributed by atoms with Crippen molar-refractivity contribution < 1.29 is 9.21 Å². The summed E-state index contributed by atoms with van der Waals surface area (Å²) < 4.78 is 5.88. The second-order valence-corrected chi connectivity index (χ2v) is 9.75. The number of nitrogens with one attached hydrogen (secondary N) is 1. The largest absolute Gasteiger partial charge is 0.435 e. The van der Waals surface area contributed by atoms with Gasteiger partial charge in [0.25, 0.3) is 5.91 Å². The third-order valence-corrected chi connectivity index (χ3v) is 7.10. The Morgan fingerprint density at radius 1 is 1.09 bits per heavy atom. The van der Waals surface area contributed by atoms with Crippen molar-refractivity contribution >= 4 is 34.8 Å². The first kappa shape index (κ1) is 25.5. The second-order valence-electron chi connectivity index (χ2n) is 8.97. The van der Waals surface area contributed by atoms with Gasteiger partial charge in [-0.3, -0.25) is 9.69 Å². The first-order chi connectivity index (χ1) is 17.0. The Labute approximate surface area is 217 Å². The average Bonchev–Trinajstić information content (AvgIpc) is 3.30. The number of oxazole rings is 1. The number of hydrogen-bond acceptors (Lipinski definition) is 5. The van der Waals surface area contributed by atoms with Crippen LogP contribution in [0.25, 0.3) is 11.3 Å². The summed E-state index contributed by atoms with van der Waals surface area (Å²) in [4.78, 5) is 22.4. The molecule has 0 saturated carbocycles. The number of anilines is 1. The zero-order valence-electron chi connectivity index (χ0n) is 20.3. The molecule has 1 N–H and O–H groups in total. The van der Waals surface area contributed by atoms with Gasteiger partial charge in [0.15, 0.2) is 5.89 Å². The van der Waals surface area contributed by atoms with Crippen LogP contribution in [0.5, 0.6) is 0 Å². The molecule has 1 saturated heterocycles. The molecule has 1 aliphatic heterocycles. The Balaban J connectivity index is 1.31. The molecule has 0 spiro atoms. The van der Waals surface area contributed by atoms with Crippen molar-refractivity contribution in [2.45, 2.75) is 39.2 Å². The topological polar surface area (TPSA) is 61.6 Å². The zero-order chi connectivity index (χ0) is 24.8. The highest BCUT2D eigenvalue weighted by Crippen LogP contribution is 2.33. The van der Waals surface area contributed by atoms with Gasteiger partial charge < -0.3 is 14.6 Å². The van der Waals surface area contributed by atoms with E-state index in [2.05, 4.69) is 27.0 Å². The van der Waals surface area contributed by atoms with Gasteiger partial charge in [0, 0.05) is 50.7 Å². The number of amides is 1. The normalized spacial score (nSPS) is 15.3. The van der Waals surface area contributed by atoms with E-state index in [0.29, 0.717) is 33.8 Å². The SMILES string of the molecule is CCCc1nc(-c2ccccc2)c(C(=O)NC(C)CCN2CCN(c3cccc(Cl)c3Cl)CC2)o1. The van der Waals surface area contributed by atoms with Crippen molar-refractivity contribution in [3.05, 3.63) is 70.2 Å². The zero-order valence-corrected chi connectivity index (χ0v) is 21.8. The Morgan fingerprint density at radius 3 is 2.54 bits per heavy atom. The minimum atomic E-state index is -0.216. The molecule has 0 bridgehead atoms. The summed E-state index contributed by atoms with van der Waals surface area (Å²) in [6.07, 6.45) is 2.46. The fraction of sp³-hybridized carbons (Fsp3) is 0.407. The molecule has 1 aliphatic rings. The van der Waals surface area contributed by atoms with Gasteiger partial charge in [-0.25, -0.2) is 4.98 Å². The summed E-state index contributed by atoms with van der Waals surface area (Å²) in [5, 5.41) is 4.31. The smallest absolute Gasteiger partial charge is 0.289 e. The maximum Gasteiger partial charge on any atom is 0.289 e. The van der Waals surface area contributed by atoms with Crippen LogP contribution in [0.4, 0.5) is 5.69 Å². The van der Waals surface area contributed by atoms with E-state index in [9.17, 15) is 4.79 Å². The minimum absolute atomic E-state index is 0.00579. The summed E-state index contributed by atoms with van der Waals surface area (Å²) in [6.45, 7) is 8.65. The van der Waals surface area contributed by atoms with Crippen LogP contribution in [0.1, 0.15) is 43.1 Å². The number of benzene rings is 2. The van der Waals surface area contributed by atoms with E-state index in [4.69, 9.17) is 27.6 Å². The van der Waals surface area contributed by atoms with E-state index in [1.807, 2.05) is 55.5 Å². The quantitative estimate of drug-likeness (QED) is 0.383. The van der Waals surface area contributed by atoms with Crippen molar-refractivity contribution in [3.8, 4) is 11.3 Å². The average molecular weight is 515 g/mol. The monoisotopic (exact) mass is 514 g/mol. The van der Waals surface area contributed by atoms with Gasteiger partial charge in [0.05, 0.1) is 15.7 Å². The minimum Gasteiger partial charge on any atom is -0.435 e. The number of nitrogens with zero attached hydrogens (tertiary/aromatic N) is 3. The van der Waals surface area contributed by atoms with Gasteiger partial charge in [-0.05, 0) is 31.9 Å². The number of piperazine rings is 1. The molecule has 6 nitrogen and oxygen atoms in total. The summed E-state index contributed by atoms with van der Waals surface area (Å²) >= 11 is 12.6. The van der Waals surface area contributed by atoms with Gasteiger partial charge in [-0.15, -0.1) is 0 Å². The van der Waals surface area contributed by atoms with Crippen LogP contribution in [0.2, 0.25) is 10.0 Å². The highest BCUT2D eigenvalue weighted by Gasteiger charge is 2.24. The van der Waals surface area contributed by atoms with Gasteiger partial charge in [0.2, 0.25) is 5.76 Å². The number of carbonyl (C=O) groups is 1. The van der Waals surface area contributed by atoms with Crippen LogP contribution in [-0.4, -0.2) is 54.6 Å². The highest BCUT2D eigenvalue weighted by molar-refractivity contribution is 6.43. The predicted octanol–water partition coefficient (Wildman–Crippen LogP) is 5.93. The van der Waals surface area contributed by atoms with Crippen LogP contribution in [0, 0.1) is 0 Å². The molecule has 0 aliphatic carbocycles. The van der Waals surface area contributed by atoms with E-state index >= 15 is 0 Å². The maximum atomic E-state index is 13.1. The molecule has 186 valence electrons. The molecule has 1 amide bonds. The second kappa shape index (κ2) is 11.9. The highest BCUT2D eigenvalue weighted by atomic mass is 35.5. The van der Waals surface area contributed by atoms with Crippen molar-refractivity contribution in [2.75, 3.05) is 37.6 Å². The molecular formula is C27H32Cl2N4O2. The Hall–Kier alpha value is -2.54. The molecule has 35 heavy (non-hydrogen) atoms. The van der Waals surface area contributed by atoms with Crippen molar-refractivity contribution in [2.24, 2.45) is 0 Å². The number of carbonyl (C=O) groups excluding carboxylic acids is 1. The van der Waals surface area contributed by atoms with E-state index in [0.717, 1.165) is 56.8 Å². The number of halogens is 2. The van der Waals surface area contributed by atoms with Gasteiger partial charge in [-0.1, -0.05) is 66.5 Å². The first-order valence-electron chi connectivity index (χ1n) is 12.2. The van der Waals surface area contributed by atoms with E-state index in [-0.39, 0.29) is 11.9 Å². The Kier molecular flexibility index (Phi) is 8.71. The van der Waals surface area contributed by atoms with Gasteiger partial charge in [0.1, 0.15) is 5.69 Å². The number of aryl methyl sites for hydroxylation is 1. The molecule has 1 atom stereocenters. The van der Waals surface area contributed by atoms with Crippen molar-refractivity contribution in [1.29, 1.82) is 0 Å². The molecule has 1 aromatic heterocycles. The van der Waals surface area contributed by atoms with E-state index in [1.54, 1.807) is 0 Å². The van der Waals surface area contributed by atoms with E-state index < -0.39 is 0 Å². The third kappa shape index (κ3) is 6.37. The number of hydrogen-bond donors (Lipinski definition) is 1. The first-order valence-corrected chi connectivity index (χ1v) is 13.0. The van der Waals surface area contributed by atoms with Crippen LogP contribution in [0.15, 0.2) is 52.9 Å². The van der Waals surface area contributed by atoms with Crippen LogP contribution < -0.4 is 10.2 Å². The summed E-state index contributed by atoms with van der Waals surface area (Å²) in [7, 11) is 0. The maximum absolute atomic E-state index is 13.1. The lowest BCUT2D eigenvalue weighted by molar-refractivity contribution is 0.0906. The Bertz CT molecular complexity index is 1130. The van der Waals surface area contributed by atoms with Crippen molar-refractivity contribution in [1.82, 2.24) is 15.2 Å².